The summed E-state index contributed by atoms with van der Waals surface area (Å²) in [6, 6.07) is 5.99. The van der Waals surface area contributed by atoms with E-state index in [4.69, 9.17) is 10.1 Å². The molecule has 0 spiro atoms. The molecule has 0 aromatic heterocycles. The maximum Gasteiger partial charge on any atom is 0.213 e. The molecule has 0 amide bonds. The summed E-state index contributed by atoms with van der Waals surface area (Å²) < 4.78 is 4.86. The van der Waals surface area contributed by atoms with E-state index in [1.807, 2.05) is 32.0 Å². The van der Waals surface area contributed by atoms with E-state index in [2.05, 4.69) is 0 Å². The first kappa shape index (κ1) is 8.78. The number of aryl methyl sites for hydroxylation is 2. The van der Waals surface area contributed by atoms with Crippen LogP contribution in [0.15, 0.2) is 18.2 Å². The zero-order chi connectivity index (χ0) is 9.14. The van der Waals surface area contributed by atoms with Gasteiger partial charge in [-0.2, -0.15) is 0 Å². The molecule has 12 heavy (non-hydrogen) atoms. The highest BCUT2D eigenvalue weighted by Gasteiger charge is 2.03. The van der Waals surface area contributed by atoms with Crippen molar-refractivity contribution >= 4 is 5.90 Å². The summed E-state index contributed by atoms with van der Waals surface area (Å²) in [4.78, 5) is 0. The topological polar surface area (TPSA) is 33.1 Å². The Morgan fingerprint density at radius 2 is 2.00 bits per heavy atom. The Bertz CT molecular complexity index is 305. The highest BCUT2D eigenvalue weighted by molar-refractivity contribution is 5.93. The van der Waals surface area contributed by atoms with Gasteiger partial charge in [0, 0.05) is 5.56 Å². The largest absolute Gasteiger partial charge is 0.481 e. The molecular formula is C10H13NO. The molecule has 0 radical (unpaired) electrons. The van der Waals surface area contributed by atoms with Crippen molar-refractivity contribution in [3.63, 3.8) is 0 Å². The standard InChI is InChI=1S/C10H13NO/c1-7-4-5-8(2)9(6-7)10(11)12-3/h4-6,11H,1-3H3. The Hall–Kier alpha value is -1.31. The van der Waals surface area contributed by atoms with Crippen LogP contribution in [0.5, 0.6) is 0 Å². The van der Waals surface area contributed by atoms with Gasteiger partial charge in [0.05, 0.1) is 7.11 Å². The predicted molar refractivity (Wildman–Crippen MR) is 49.8 cm³/mol. The predicted octanol–water partition coefficient (Wildman–Crippen LogP) is 2.28. The number of hydrogen-bond donors (Lipinski definition) is 1. The molecule has 0 aliphatic carbocycles. The molecule has 0 bridgehead atoms. The molecule has 0 atom stereocenters. The molecule has 1 rings (SSSR count). The first-order chi connectivity index (χ1) is 5.65. The summed E-state index contributed by atoms with van der Waals surface area (Å²) in [6.45, 7) is 3.98. The van der Waals surface area contributed by atoms with E-state index in [0.717, 1.165) is 16.7 Å². The zero-order valence-electron chi connectivity index (χ0n) is 7.64. The molecule has 1 aromatic carbocycles. The Kier molecular flexibility index (Phi) is 2.48. The molecule has 0 aliphatic rings. The summed E-state index contributed by atoms with van der Waals surface area (Å²) in [5.41, 5.74) is 3.10. The van der Waals surface area contributed by atoms with Crippen LogP contribution in [-0.2, 0) is 4.74 Å². The lowest BCUT2D eigenvalue weighted by Gasteiger charge is -2.06. The Morgan fingerprint density at radius 1 is 1.33 bits per heavy atom. The highest BCUT2D eigenvalue weighted by Crippen LogP contribution is 2.11. The van der Waals surface area contributed by atoms with E-state index < -0.39 is 0 Å². The second-order valence-corrected chi connectivity index (χ2v) is 2.85. The molecule has 1 N–H and O–H groups in total. The van der Waals surface area contributed by atoms with Gasteiger partial charge in [0.25, 0.3) is 0 Å². The summed E-state index contributed by atoms with van der Waals surface area (Å²) >= 11 is 0. The Balaban J connectivity index is 3.13. The summed E-state index contributed by atoms with van der Waals surface area (Å²) in [5, 5.41) is 7.49. The van der Waals surface area contributed by atoms with Gasteiger partial charge in [-0.25, -0.2) is 0 Å². The Labute approximate surface area is 72.7 Å². The SMILES string of the molecule is COC(=N)c1cc(C)ccc1C. The molecule has 0 saturated heterocycles. The van der Waals surface area contributed by atoms with Crippen molar-refractivity contribution in [3.05, 3.63) is 34.9 Å². The summed E-state index contributed by atoms with van der Waals surface area (Å²) in [6.07, 6.45) is 0. The molecule has 0 aliphatic heterocycles. The van der Waals surface area contributed by atoms with E-state index in [9.17, 15) is 0 Å². The molecule has 1 aromatic rings. The third-order valence-electron chi connectivity index (χ3n) is 1.84. The second kappa shape index (κ2) is 3.39. The van der Waals surface area contributed by atoms with Gasteiger partial charge < -0.3 is 4.74 Å². The fourth-order valence-electron chi connectivity index (χ4n) is 1.09. The first-order valence-electron chi connectivity index (χ1n) is 3.85. The van der Waals surface area contributed by atoms with Crippen LogP contribution in [0.1, 0.15) is 16.7 Å². The maximum atomic E-state index is 7.49. The van der Waals surface area contributed by atoms with Crippen LogP contribution in [0.25, 0.3) is 0 Å². The Morgan fingerprint density at radius 3 is 2.58 bits per heavy atom. The van der Waals surface area contributed by atoms with E-state index >= 15 is 0 Å². The molecule has 0 saturated carbocycles. The van der Waals surface area contributed by atoms with Gasteiger partial charge in [-0.05, 0) is 25.5 Å². The van der Waals surface area contributed by atoms with Gasteiger partial charge in [0.15, 0.2) is 0 Å². The van der Waals surface area contributed by atoms with E-state index in [-0.39, 0.29) is 5.90 Å². The zero-order valence-corrected chi connectivity index (χ0v) is 7.64. The second-order valence-electron chi connectivity index (χ2n) is 2.85. The van der Waals surface area contributed by atoms with Crippen molar-refractivity contribution in [2.75, 3.05) is 7.11 Å². The number of benzene rings is 1. The van der Waals surface area contributed by atoms with E-state index in [0.29, 0.717) is 0 Å². The van der Waals surface area contributed by atoms with Crippen LogP contribution in [0, 0.1) is 19.3 Å². The molecule has 2 nitrogen and oxygen atoms in total. The maximum absolute atomic E-state index is 7.49. The van der Waals surface area contributed by atoms with Crippen molar-refractivity contribution in [2.45, 2.75) is 13.8 Å². The van der Waals surface area contributed by atoms with Gasteiger partial charge in [0.1, 0.15) is 0 Å². The lowest BCUT2D eigenvalue weighted by molar-refractivity contribution is 0.401. The van der Waals surface area contributed by atoms with Crippen LogP contribution in [0.3, 0.4) is 0 Å². The van der Waals surface area contributed by atoms with Gasteiger partial charge in [-0.15, -0.1) is 0 Å². The lowest BCUT2D eigenvalue weighted by Crippen LogP contribution is -2.03. The number of hydrogen-bond acceptors (Lipinski definition) is 2. The van der Waals surface area contributed by atoms with Crippen LogP contribution in [0.2, 0.25) is 0 Å². The minimum atomic E-state index is 0.233. The molecule has 0 fully saturated rings. The normalized spacial score (nSPS) is 9.58. The van der Waals surface area contributed by atoms with Crippen LogP contribution in [-0.4, -0.2) is 13.0 Å². The smallest absolute Gasteiger partial charge is 0.213 e. The lowest BCUT2D eigenvalue weighted by atomic mass is 10.1. The molecule has 2 heteroatoms. The summed E-state index contributed by atoms with van der Waals surface area (Å²) in [5.74, 6) is 0.233. The van der Waals surface area contributed by atoms with Crippen molar-refractivity contribution in [2.24, 2.45) is 0 Å². The fourth-order valence-corrected chi connectivity index (χ4v) is 1.09. The molecule has 64 valence electrons. The average molecular weight is 163 g/mol. The van der Waals surface area contributed by atoms with E-state index in [1.54, 1.807) is 0 Å². The number of methoxy groups -OCH3 is 1. The van der Waals surface area contributed by atoms with Crippen LogP contribution >= 0.6 is 0 Å². The third kappa shape index (κ3) is 1.64. The van der Waals surface area contributed by atoms with Gasteiger partial charge in [0.2, 0.25) is 5.90 Å². The van der Waals surface area contributed by atoms with Crippen LogP contribution in [0.4, 0.5) is 0 Å². The highest BCUT2D eigenvalue weighted by atomic mass is 16.5. The molecule has 0 unspecified atom stereocenters. The van der Waals surface area contributed by atoms with Crippen molar-refractivity contribution in [3.8, 4) is 0 Å². The van der Waals surface area contributed by atoms with Gasteiger partial charge in [-0.1, -0.05) is 17.7 Å². The van der Waals surface area contributed by atoms with Crippen molar-refractivity contribution in [1.82, 2.24) is 0 Å². The summed E-state index contributed by atoms with van der Waals surface area (Å²) in [7, 11) is 1.52. The van der Waals surface area contributed by atoms with E-state index in [1.165, 1.54) is 7.11 Å². The van der Waals surface area contributed by atoms with Crippen molar-refractivity contribution in [1.29, 1.82) is 5.41 Å². The number of nitrogens with one attached hydrogen (secondary N) is 1. The first-order valence-corrected chi connectivity index (χ1v) is 3.85. The van der Waals surface area contributed by atoms with Crippen molar-refractivity contribution < 1.29 is 4.74 Å². The van der Waals surface area contributed by atoms with Crippen LogP contribution < -0.4 is 0 Å². The minimum absolute atomic E-state index is 0.233. The quantitative estimate of drug-likeness (QED) is 0.500. The third-order valence-corrected chi connectivity index (χ3v) is 1.84. The van der Waals surface area contributed by atoms with Gasteiger partial charge >= 0.3 is 0 Å². The number of rotatable bonds is 1. The molecular weight excluding hydrogens is 150 g/mol. The minimum Gasteiger partial charge on any atom is -0.481 e. The monoisotopic (exact) mass is 163 g/mol. The number of ether oxygens (including phenoxy) is 1. The fraction of sp³-hybridized carbons (Fsp3) is 0.300. The molecule has 0 heterocycles. The van der Waals surface area contributed by atoms with Gasteiger partial charge in [-0.3, -0.25) is 5.41 Å². The average Bonchev–Trinajstić information content (AvgIpc) is 2.08.